The van der Waals surface area contributed by atoms with E-state index < -0.39 is 19.8 Å². The van der Waals surface area contributed by atoms with Gasteiger partial charge in [0.1, 0.15) is 11.5 Å². The van der Waals surface area contributed by atoms with Gasteiger partial charge in [0.25, 0.3) is 0 Å². The van der Waals surface area contributed by atoms with Crippen LogP contribution in [0.3, 0.4) is 0 Å². The van der Waals surface area contributed by atoms with Gasteiger partial charge in [0.2, 0.25) is 0 Å². The Hall–Kier alpha value is -3.57. The molecule has 0 amide bonds. The quantitative estimate of drug-likeness (QED) is 0.143. The molecule has 13 heteroatoms. The summed E-state index contributed by atoms with van der Waals surface area (Å²) in [4.78, 5) is 56.8. The van der Waals surface area contributed by atoms with E-state index in [0.29, 0.717) is 29.9 Å². The third kappa shape index (κ3) is 6.80. The Morgan fingerprint density at radius 3 is 1.46 bits per heavy atom. The fourth-order valence-electron chi connectivity index (χ4n) is 3.38. The zero-order valence-corrected chi connectivity index (χ0v) is 21.4. The molecule has 0 atom stereocenters. The van der Waals surface area contributed by atoms with Crippen LogP contribution in [0.25, 0.3) is 20.2 Å². The lowest BCUT2D eigenvalue weighted by Crippen LogP contribution is -2.01. The average molecular weight is 563 g/mol. The zero-order chi connectivity index (χ0) is 26.7. The maximum atomic E-state index is 12.6. The van der Waals surface area contributed by atoms with E-state index in [9.17, 15) is 28.6 Å². The number of hydrogen-bond donors (Lipinski definition) is 3. The van der Waals surface area contributed by atoms with Crippen LogP contribution >= 0.6 is 30.5 Å². The number of carbonyl (C=O) groups is 4. The molecule has 4 aromatic rings. The van der Waals surface area contributed by atoms with Gasteiger partial charge in [-0.25, -0.2) is 4.57 Å². The molecule has 0 saturated carbocycles. The van der Waals surface area contributed by atoms with Crippen LogP contribution in [0.4, 0.5) is 0 Å². The van der Waals surface area contributed by atoms with Crippen LogP contribution in [-0.2, 0) is 14.2 Å². The fraction of sp³-hybridized carbons (Fsp3) is 0.167. The Bertz CT molecular complexity index is 1470. The first-order valence-corrected chi connectivity index (χ1v) is 13.9. The van der Waals surface area contributed by atoms with Gasteiger partial charge in [-0.3, -0.25) is 24.1 Å². The lowest BCUT2D eigenvalue weighted by atomic mass is 10.1. The molecular weight excluding hydrogens is 543 g/mol. The number of rotatable bonds is 12. The lowest BCUT2D eigenvalue weighted by Gasteiger charge is -2.13. The number of carbonyl (C=O) groups excluding carboxylic acids is 2. The highest BCUT2D eigenvalue weighted by atomic mass is 32.1. The van der Waals surface area contributed by atoms with Crippen molar-refractivity contribution in [3.63, 3.8) is 0 Å². The molecule has 0 saturated heterocycles. The second kappa shape index (κ2) is 10.8. The van der Waals surface area contributed by atoms with E-state index in [4.69, 9.17) is 19.3 Å². The minimum absolute atomic E-state index is 0.0354. The van der Waals surface area contributed by atoms with Crippen LogP contribution in [0, 0.1) is 0 Å². The van der Waals surface area contributed by atoms with Crippen molar-refractivity contribution < 1.29 is 47.9 Å². The molecule has 2 aromatic heterocycles. The summed E-state index contributed by atoms with van der Waals surface area (Å²) in [5, 5.41) is 18.9. The Kier molecular flexibility index (Phi) is 7.74. The number of thiophene rings is 2. The van der Waals surface area contributed by atoms with Gasteiger partial charge in [-0.15, -0.1) is 22.7 Å². The molecule has 2 heterocycles. The molecule has 4 rings (SSSR count). The minimum Gasteiger partial charge on any atom is -0.481 e. The molecule has 0 aliphatic carbocycles. The Labute approximate surface area is 217 Å². The minimum atomic E-state index is -4.62. The van der Waals surface area contributed by atoms with Crippen molar-refractivity contribution in [1.29, 1.82) is 0 Å². The van der Waals surface area contributed by atoms with E-state index in [1.165, 1.54) is 24.3 Å². The molecular formula is C24H19O10PS2. The fourth-order valence-corrected chi connectivity index (χ4v) is 6.30. The van der Waals surface area contributed by atoms with Gasteiger partial charge in [0.15, 0.2) is 11.6 Å². The molecule has 0 radical (unpaired) electrons. The topological polar surface area (TPSA) is 164 Å². The molecule has 0 spiro atoms. The van der Waals surface area contributed by atoms with Crippen LogP contribution in [0.15, 0.2) is 48.5 Å². The third-order valence-corrected chi connectivity index (χ3v) is 8.27. The molecule has 10 nitrogen and oxygen atoms in total. The number of carboxylic acid groups (broad SMARTS) is 2. The highest BCUT2D eigenvalue weighted by Crippen LogP contribution is 2.46. The van der Waals surface area contributed by atoms with E-state index in [0.717, 1.165) is 22.7 Å². The van der Waals surface area contributed by atoms with Crippen LogP contribution in [0.2, 0.25) is 0 Å². The maximum Gasteiger partial charge on any atom is 0.584 e. The van der Waals surface area contributed by atoms with Crippen molar-refractivity contribution in [1.82, 2.24) is 0 Å². The smallest absolute Gasteiger partial charge is 0.481 e. The predicted octanol–water partition coefficient (Wildman–Crippen LogP) is 5.77. The summed E-state index contributed by atoms with van der Waals surface area (Å²) in [6.07, 6.45) is -0.798. The van der Waals surface area contributed by atoms with Crippen molar-refractivity contribution in [2.45, 2.75) is 25.7 Å². The number of fused-ring (bicyclic) bond motifs is 2. The van der Waals surface area contributed by atoms with E-state index >= 15 is 0 Å². The molecule has 0 fully saturated rings. The number of phosphoric ester groups is 1. The molecule has 3 N–H and O–H groups in total. The first-order chi connectivity index (χ1) is 17.5. The van der Waals surface area contributed by atoms with Gasteiger partial charge in [0, 0.05) is 22.2 Å². The van der Waals surface area contributed by atoms with Crippen molar-refractivity contribution in [2.24, 2.45) is 0 Å². The van der Waals surface area contributed by atoms with Gasteiger partial charge in [-0.2, -0.15) is 0 Å². The number of hydrogen-bond acceptors (Lipinski definition) is 9. The summed E-state index contributed by atoms with van der Waals surface area (Å²) in [7, 11) is -4.62. The van der Waals surface area contributed by atoms with Crippen molar-refractivity contribution in [3.8, 4) is 11.5 Å². The summed E-state index contributed by atoms with van der Waals surface area (Å²) < 4.78 is 24.3. The van der Waals surface area contributed by atoms with E-state index in [-0.39, 0.29) is 48.7 Å². The Balaban J connectivity index is 1.46. The summed E-state index contributed by atoms with van der Waals surface area (Å²) in [5.74, 6) is -2.67. The highest BCUT2D eigenvalue weighted by Gasteiger charge is 2.26. The molecule has 2 aromatic carbocycles. The van der Waals surface area contributed by atoms with Crippen LogP contribution in [-0.4, -0.2) is 38.6 Å². The van der Waals surface area contributed by atoms with Crippen molar-refractivity contribution >= 4 is 74.2 Å². The van der Waals surface area contributed by atoms with E-state index in [1.807, 2.05) is 0 Å². The summed E-state index contributed by atoms with van der Waals surface area (Å²) in [6.45, 7) is 0. The van der Waals surface area contributed by atoms with E-state index in [2.05, 4.69) is 0 Å². The number of phosphoric acid groups is 1. The van der Waals surface area contributed by atoms with Crippen LogP contribution in [0.1, 0.15) is 45.0 Å². The maximum absolute atomic E-state index is 12.6. The highest BCUT2D eigenvalue weighted by molar-refractivity contribution is 7.48. The largest absolute Gasteiger partial charge is 0.584 e. The summed E-state index contributed by atoms with van der Waals surface area (Å²) >= 11 is 2.24. The van der Waals surface area contributed by atoms with Gasteiger partial charge < -0.3 is 19.3 Å². The number of Topliss-reactive ketones (excluding diaryl/α,β-unsaturated/α-hetero) is 2. The first-order valence-electron chi connectivity index (χ1n) is 10.8. The Morgan fingerprint density at radius 1 is 0.676 bits per heavy atom. The van der Waals surface area contributed by atoms with Gasteiger partial charge >= 0.3 is 19.8 Å². The SMILES string of the molecule is O=C(O)CCC(=O)c1cc2ccc(OP(=O)(O)Oc3ccc4cc(C(=O)CCC(=O)O)sc4c3)cc2s1. The van der Waals surface area contributed by atoms with Gasteiger partial charge in [0.05, 0.1) is 22.6 Å². The number of carboxylic acids is 2. The summed E-state index contributed by atoms with van der Waals surface area (Å²) in [6, 6.07) is 12.3. The van der Waals surface area contributed by atoms with Crippen molar-refractivity contribution in [3.05, 3.63) is 58.3 Å². The van der Waals surface area contributed by atoms with Crippen molar-refractivity contribution in [2.75, 3.05) is 0 Å². The van der Waals surface area contributed by atoms with Crippen LogP contribution < -0.4 is 9.05 Å². The average Bonchev–Trinajstić information content (AvgIpc) is 3.44. The first kappa shape index (κ1) is 26.5. The number of benzene rings is 2. The third-order valence-electron chi connectivity index (χ3n) is 5.11. The standard InChI is InChI=1S/C24H19O10PS2/c25-17(5-7-23(27)28)21-9-13-1-3-15(11-19(13)36-21)33-35(31,32)34-16-4-2-14-10-22(37-20(14)12-16)18(26)6-8-24(29)30/h1-4,9-12H,5-8H2,(H,27,28)(H,29,30)(H,31,32). The summed E-state index contributed by atoms with van der Waals surface area (Å²) in [5.41, 5.74) is 0. The Morgan fingerprint density at radius 2 is 1.08 bits per heavy atom. The zero-order valence-electron chi connectivity index (χ0n) is 18.9. The molecule has 0 unspecified atom stereocenters. The molecule has 0 aliphatic rings. The molecule has 192 valence electrons. The number of aliphatic carboxylic acids is 2. The number of ketones is 2. The second-order valence-corrected chi connectivity index (χ2v) is 11.4. The monoisotopic (exact) mass is 562 g/mol. The van der Waals surface area contributed by atoms with Crippen LogP contribution in [0.5, 0.6) is 11.5 Å². The van der Waals surface area contributed by atoms with E-state index in [1.54, 1.807) is 24.3 Å². The molecule has 0 aliphatic heterocycles. The van der Waals surface area contributed by atoms with Gasteiger partial charge in [-0.1, -0.05) is 0 Å². The second-order valence-electron chi connectivity index (χ2n) is 7.91. The lowest BCUT2D eigenvalue weighted by molar-refractivity contribution is -0.137. The van der Waals surface area contributed by atoms with Gasteiger partial charge in [-0.05, 0) is 59.3 Å². The molecule has 0 bridgehead atoms. The predicted molar refractivity (Wildman–Crippen MR) is 137 cm³/mol. The molecule has 37 heavy (non-hydrogen) atoms. The normalized spacial score (nSPS) is 11.5.